The molecule has 3 N–H and O–H groups in total. The van der Waals surface area contributed by atoms with Crippen molar-refractivity contribution in [2.24, 2.45) is 5.73 Å². The molecule has 2 aromatic carbocycles. The molecule has 0 fully saturated rings. The van der Waals surface area contributed by atoms with Crippen LogP contribution in [0.2, 0.25) is 0 Å². The van der Waals surface area contributed by atoms with Gasteiger partial charge in [0.1, 0.15) is 5.75 Å². The predicted octanol–water partition coefficient (Wildman–Crippen LogP) is 2.91. The van der Waals surface area contributed by atoms with Gasteiger partial charge in [0, 0.05) is 6.42 Å². The fourth-order valence-electron chi connectivity index (χ4n) is 2.23. The van der Waals surface area contributed by atoms with Crippen molar-refractivity contribution in [1.29, 1.82) is 0 Å². The monoisotopic (exact) mass is 243 g/mol. The van der Waals surface area contributed by atoms with Crippen LogP contribution in [0.3, 0.4) is 0 Å². The molecule has 2 rings (SSSR count). The SMILES string of the molecule is CC(CCC(N)=O)c1cccc2ccc(O)cc12. The molecule has 94 valence electrons. The van der Waals surface area contributed by atoms with E-state index in [2.05, 4.69) is 6.92 Å². The molecule has 0 aliphatic rings. The number of benzene rings is 2. The van der Waals surface area contributed by atoms with Gasteiger partial charge in [0.15, 0.2) is 0 Å². The predicted molar refractivity (Wildman–Crippen MR) is 72.5 cm³/mol. The van der Waals surface area contributed by atoms with Gasteiger partial charge >= 0.3 is 0 Å². The lowest BCUT2D eigenvalue weighted by Crippen LogP contribution is -2.11. The van der Waals surface area contributed by atoms with Gasteiger partial charge < -0.3 is 10.8 Å². The molecule has 0 spiro atoms. The number of hydrogen-bond acceptors (Lipinski definition) is 2. The number of carbonyl (C=O) groups is 1. The first kappa shape index (κ1) is 12.4. The minimum atomic E-state index is -0.273. The van der Waals surface area contributed by atoms with E-state index in [4.69, 9.17) is 5.73 Å². The second-order valence-electron chi connectivity index (χ2n) is 4.66. The molecule has 3 heteroatoms. The molecule has 0 radical (unpaired) electrons. The Balaban J connectivity index is 2.37. The molecule has 0 bridgehead atoms. The van der Waals surface area contributed by atoms with Crippen molar-refractivity contribution in [3.05, 3.63) is 42.0 Å². The Morgan fingerprint density at radius 2 is 2.11 bits per heavy atom. The maximum Gasteiger partial charge on any atom is 0.217 e. The smallest absolute Gasteiger partial charge is 0.217 e. The number of aromatic hydroxyl groups is 1. The first-order valence-corrected chi connectivity index (χ1v) is 6.08. The number of rotatable bonds is 4. The van der Waals surface area contributed by atoms with Gasteiger partial charge in [-0.1, -0.05) is 31.2 Å². The van der Waals surface area contributed by atoms with Gasteiger partial charge in [0.05, 0.1) is 0 Å². The Morgan fingerprint density at radius 1 is 1.33 bits per heavy atom. The third-order valence-electron chi connectivity index (χ3n) is 3.25. The lowest BCUT2D eigenvalue weighted by atomic mass is 9.91. The van der Waals surface area contributed by atoms with Crippen LogP contribution in [0.15, 0.2) is 36.4 Å². The third-order valence-corrected chi connectivity index (χ3v) is 3.25. The molecular weight excluding hydrogens is 226 g/mol. The third kappa shape index (κ3) is 2.62. The van der Waals surface area contributed by atoms with Crippen LogP contribution in [0.4, 0.5) is 0 Å². The van der Waals surface area contributed by atoms with Crippen molar-refractivity contribution in [2.75, 3.05) is 0 Å². The molecular formula is C15H17NO2. The maximum atomic E-state index is 10.8. The highest BCUT2D eigenvalue weighted by atomic mass is 16.3. The largest absolute Gasteiger partial charge is 0.508 e. The van der Waals surface area contributed by atoms with Crippen molar-refractivity contribution < 1.29 is 9.90 Å². The summed E-state index contributed by atoms with van der Waals surface area (Å²) in [6.07, 6.45) is 1.11. The van der Waals surface area contributed by atoms with Gasteiger partial charge in [-0.15, -0.1) is 0 Å². The van der Waals surface area contributed by atoms with Crippen LogP contribution >= 0.6 is 0 Å². The zero-order valence-electron chi connectivity index (χ0n) is 10.4. The zero-order chi connectivity index (χ0) is 13.1. The summed E-state index contributed by atoms with van der Waals surface area (Å²) < 4.78 is 0. The van der Waals surface area contributed by atoms with E-state index in [-0.39, 0.29) is 17.6 Å². The summed E-state index contributed by atoms with van der Waals surface area (Å²) in [6, 6.07) is 11.4. The Hall–Kier alpha value is -2.03. The fraction of sp³-hybridized carbons (Fsp3) is 0.267. The molecule has 3 nitrogen and oxygen atoms in total. The van der Waals surface area contributed by atoms with Crippen LogP contribution < -0.4 is 5.73 Å². The molecule has 18 heavy (non-hydrogen) atoms. The van der Waals surface area contributed by atoms with Crippen molar-refractivity contribution in [1.82, 2.24) is 0 Å². The first-order chi connectivity index (χ1) is 8.58. The summed E-state index contributed by atoms with van der Waals surface area (Å²) in [5, 5.41) is 11.7. The highest BCUT2D eigenvalue weighted by Gasteiger charge is 2.10. The number of primary amides is 1. The van der Waals surface area contributed by atoms with Crippen LogP contribution in [0.5, 0.6) is 5.75 Å². The van der Waals surface area contributed by atoms with Crippen molar-refractivity contribution in [2.45, 2.75) is 25.7 Å². The van der Waals surface area contributed by atoms with E-state index in [1.54, 1.807) is 12.1 Å². The summed E-state index contributed by atoms with van der Waals surface area (Å²) >= 11 is 0. The number of carbonyl (C=O) groups excluding carboxylic acids is 1. The molecule has 1 unspecified atom stereocenters. The minimum absolute atomic E-state index is 0.239. The number of nitrogens with two attached hydrogens (primary N) is 1. The Kier molecular flexibility index (Phi) is 3.51. The lowest BCUT2D eigenvalue weighted by molar-refractivity contribution is -0.118. The summed E-state index contributed by atoms with van der Waals surface area (Å²) in [5.41, 5.74) is 6.32. The van der Waals surface area contributed by atoms with Gasteiger partial charge in [-0.3, -0.25) is 4.79 Å². The molecule has 0 aliphatic carbocycles. The molecule has 2 aromatic rings. The Labute approximate surface area is 106 Å². The first-order valence-electron chi connectivity index (χ1n) is 6.08. The molecule has 0 saturated carbocycles. The van der Waals surface area contributed by atoms with Crippen molar-refractivity contribution >= 4 is 16.7 Å². The molecule has 0 saturated heterocycles. The second-order valence-corrected chi connectivity index (χ2v) is 4.66. The van der Waals surface area contributed by atoms with Gasteiger partial charge in [-0.2, -0.15) is 0 Å². The van der Waals surface area contributed by atoms with Crippen molar-refractivity contribution in [3.8, 4) is 5.75 Å². The van der Waals surface area contributed by atoms with Gasteiger partial charge in [-0.05, 0) is 40.8 Å². The van der Waals surface area contributed by atoms with Crippen LogP contribution in [-0.2, 0) is 4.79 Å². The highest BCUT2D eigenvalue weighted by molar-refractivity contribution is 5.87. The van der Waals surface area contributed by atoms with E-state index in [0.29, 0.717) is 6.42 Å². The van der Waals surface area contributed by atoms with Crippen LogP contribution in [0.1, 0.15) is 31.2 Å². The fourth-order valence-corrected chi connectivity index (χ4v) is 2.23. The standard InChI is InChI=1S/C15H17NO2/c1-10(5-8-15(16)18)13-4-2-3-11-6-7-12(17)9-14(11)13/h2-4,6-7,9-10,17H,5,8H2,1H3,(H2,16,18). The number of phenols is 1. The molecule has 0 aliphatic heterocycles. The van der Waals surface area contributed by atoms with E-state index in [1.165, 1.54) is 0 Å². The quantitative estimate of drug-likeness (QED) is 0.867. The number of amides is 1. The average molecular weight is 243 g/mol. The van der Waals surface area contributed by atoms with E-state index in [1.807, 2.05) is 24.3 Å². The van der Waals surface area contributed by atoms with Crippen LogP contribution in [-0.4, -0.2) is 11.0 Å². The topological polar surface area (TPSA) is 63.3 Å². The summed E-state index contributed by atoms with van der Waals surface area (Å²) in [5.74, 6) is 0.227. The van der Waals surface area contributed by atoms with E-state index < -0.39 is 0 Å². The number of fused-ring (bicyclic) bond motifs is 1. The molecule has 0 heterocycles. The van der Waals surface area contributed by atoms with Gasteiger partial charge in [0.2, 0.25) is 5.91 Å². The lowest BCUT2D eigenvalue weighted by Gasteiger charge is -2.14. The zero-order valence-corrected chi connectivity index (χ0v) is 10.4. The normalized spacial score (nSPS) is 12.5. The minimum Gasteiger partial charge on any atom is -0.508 e. The van der Waals surface area contributed by atoms with Gasteiger partial charge in [-0.25, -0.2) is 0 Å². The van der Waals surface area contributed by atoms with Crippen molar-refractivity contribution in [3.63, 3.8) is 0 Å². The summed E-state index contributed by atoms with van der Waals surface area (Å²) in [6.45, 7) is 2.07. The number of hydrogen-bond donors (Lipinski definition) is 2. The molecule has 0 aromatic heterocycles. The van der Waals surface area contributed by atoms with E-state index in [9.17, 15) is 9.90 Å². The summed E-state index contributed by atoms with van der Waals surface area (Å²) in [7, 11) is 0. The number of phenolic OH excluding ortho intramolecular Hbond substituents is 1. The summed E-state index contributed by atoms with van der Waals surface area (Å²) in [4.78, 5) is 10.8. The van der Waals surface area contributed by atoms with E-state index >= 15 is 0 Å². The molecule has 1 atom stereocenters. The average Bonchev–Trinajstić information content (AvgIpc) is 2.35. The van der Waals surface area contributed by atoms with E-state index in [0.717, 1.165) is 22.8 Å². The Bertz CT molecular complexity index is 578. The van der Waals surface area contributed by atoms with Gasteiger partial charge in [0.25, 0.3) is 0 Å². The highest BCUT2D eigenvalue weighted by Crippen LogP contribution is 2.30. The maximum absolute atomic E-state index is 10.8. The molecule has 1 amide bonds. The van der Waals surface area contributed by atoms with Crippen LogP contribution in [0, 0.1) is 0 Å². The second kappa shape index (κ2) is 5.08. The Morgan fingerprint density at radius 3 is 2.83 bits per heavy atom. The van der Waals surface area contributed by atoms with Crippen LogP contribution in [0.25, 0.3) is 10.8 Å².